The summed E-state index contributed by atoms with van der Waals surface area (Å²) in [6, 6.07) is 5.86. The zero-order valence-electron chi connectivity index (χ0n) is 8.32. The van der Waals surface area contributed by atoms with Crippen LogP contribution >= 0.6 is 0 Å². The summed E-state index contributed by atoms with van der Waals surface area (Å²) in [5, 5.41) is 16.4. The summed E-state index contributed by atoms with van der Waals surface area (Å²) in [6.45, 7) is 0. The van der Waals surface area contributed by atoms with Crippen molar-refractivity contribution in [2.75, 3.05) is 0 Å². The SMILES string of the molecule is NC(C(=O)O)c1ccccc1-n1ccnn1. The summed E-state index contributed by atoms with van der Waals surface area (Å²) in [4.78, 5) is 10.9. The molecular formula is C10H10N4O2. The topological polar surface area (TPSA) is 94.0 Å². The van der Waals surface area contributed by atoms with E-state index in [-0.39, 0.29) is 0 Å². The van der Waals surface area contributed by atoms with E-state index in [9.17, 15) is 4.79 Å². The number of benzene rings is 1. The van der Waals surface area contributed by atoms with Gasteiger partial charge >= 0.3 is 5.97 Å². The molecule has 0 bridgehead atoms. The van der Waals surface area contributed by atoms with Crippen LogP contribution in [0.25, 0.3) is 5.69 Å². The number of aliphatic carboxylic acids is 1. The Hall–Kier alpha value is -2.21. The van der Waals surface area contributed by atoms with Gasteiger partial charge in [-0.3, -0.25) is 4.79 Å². The number of carboxylic acids is 1. The molecule has 1 unspecified atom stereocenters. The molecule has 2 rings (SSSR count). The number of rotatable bonds is 3. The van der Waals surface area contributed by atoms with E-state index >= 15 is 0 Å². The van der Waals surface area contributed by atoms with Crippen molar-refractivity contribution in [1.29, 1.82) is 0 Å². The van der Waals surface area contributed by atoms with Gasteiger partial charge in [0.2, 0.25) is 0 Å². The molecule has 3 N–H and O–H groups in total. The van der Waals surface area contributed by atoms with E-state index in [2.05, 4.69) is 10.3 Å². The van der Waals surface area contributed by atoms with Crippen LogP contribution in [-0.2, 0) is 4.79 Å². The van der Waals surface area contributed by atoms with Crippen molar-refractivity contribution in [3.63, 3.8) is 0 Å². The predicted molar refractivity (Wildman–Crippen MR) is 55.9 cm³/mol. The lowest BCUT2D eigenvalue weighted by Gasteiger charge is -2.11. The smallest absolute Gasteiger partial charge is 0.325 e. The van der Waals surface area contributed by atoms with Gasteiger partial charge in [0.1, 0.15) is 6.04 Å². The molecule has 0 aliphatic rings. The van der Waals surface area contributed by atoms with E-state index in [1.165, 1.54) is 10.9 Å². The Labute approximate surface area is 91.3 Å². The number of nitrogens with zero attached hydrogens (tertiary/aromatic N) is 3. The molecule has 1 aromatic carbocycles. The van der Waals surface area contributed by atoms with Crippen LogP contribution in [-0.4, -0.2) is 26.1 Å². The highest BCUT2D eigenvalue weighted by atomic mass is 16.4. The molecule has 16 heavy (non-hydrogen) atoms. The minimum atomic E-state index is -1.08. The molecule has 1 aromatic heterocycles. The Balaban J connectivity index is 2.50. The van der Waals surface area contributed by atoms with Crippen LogP contribution in [0.4, 0.5) is 0 Å². The maximum atomic E-state index is 10.9. The van der Waals surface area contributed by atoms with Crippen molar-refractivity contribution in [1.82, 2.24) is 15.0 Å². The molecule has 0 aliphatic heterocycles. The molecule has 1 heterocycles. The van der Waals surface area contributed by atoms with Crippen molar-refractivity contribution in [3.05, 3.63) is 42.2 Å². The average molecular weight is 218 g/mol. The van der Waals surface area contributed by atoms with Gasteiger partial charge in [0.15, 0.2) is 0 Å². The summed E-state index contributed by atoms with van der Waals surface area (Å²) < 4.78 is 1.48. The Morgan fingerprint density at radius 1 is 1.44 bits per heavy atom. The number of hydrogen-bond donors (Lipinski definition) is 2. The monoisotopic (exact) mass is 218 g/mol. The first-order chi connectivity index (χ1) is 7.70. The second-order valence-electron chi connectivity index (χ2n) is 3.22. The molecular weight excluding hydrogens is 208 g/mol. The Morgan fingerprint density at radius 3 is 2.81 bits per heavy atom. The molecule has 0 saturated heterocycles. The van der Waals surface area contributed by atoms with Crippen LogP contribution in [0.5, 0.6) is 0 Å². The third-order valence-corrected chi connectivity index (χ3v) is 2.21. The van der Waals surface area contributed by atoms with Crippen molar-refractivity contribution in [2.24, 2.45) is 5.73 Å². The summed E-state index contributed by atoms with van der Waals surface area (Å²) in [5.74, 6) is -1.08. The van der Waals surface area contributed by atoms with Gasteiger partial charge in [-0.05, 0) is 6.07 Å². The van der Waals surface area contributed by atoms with Crippen LogP contribution in [0.1, 0.15) is 11.6 Å². The summed E-state index contributed by atoms with van der Waals surface area (Å²) in [6.07, 6.45) is 3.15. The third-order valence-electron chi connectivity index (χ3n) is 2.21. The number of carboxylic acid groups (broad SMARTS) is 1. The highest BCUT2D eigenvalue weighted by Gasteiger charge is 2.18. The normalized spacial score (nSPS) is 12.3. The number of aromatic nitrogens is 3. The van der Waals surface area contributed by atoms with E-state index in [1.807, 2.05) is 0 Å². The molecule has 82 valence electrons. The van der Waals surface area contributed by atoms with E-state index < -0.39 is 12.0 Å². The van der Waals surface area contributed by atoms with Crippen molar-refractivity contribution < 1.29 is 9.90 Å². The lowest BCUT2D eigenvalue weighted by atomic mass is 10.1. The van der Waals surface area contributed by atoms with Gasteiger partial charge in [0.25, 0.3) is 0 Å². The van der Waals surface area contributed by atoms with E-state index in [4.69, 9.17) is 10.8 Å². The Bertz CT molecular complexity index is 495. The van der Waals surface area contributed by atoms with Gasteiger partial charge in [-0.2, -0.15) is 0 Å². The zero-order chi connectivity index (χ0) is 11.5. The summed E-state index contributed by atoms with van der Waals surface area (Å²) in [5.41, 5.74) is 6.70. The highest BCUT2D eigenvalue weighted by Crippen LogP contribution is 2.19. The van der Waals surface area contributed by atoms with Crippen molar-refractivity contribution in [3.8, 4) is 5.69 Å². The quantitative estimate of drug-likeness (QED) is 0.775. The fourth-order valence-electron chi connectivity index (χ4n) is 1.43. The van der Waals surface area contributed by atoms with Crippen LogP contribution in [0.3, 0.4) is 0 Å². The van der Waals surface area contributed by atoms with E-state index in [1.54, 1.807) is 30.5 Å². The molecule has 0 spiro atoms. The maximum absolute atomic E-state index is 10.9. The van der Waals surface area contributed by atoms with Gasteiger partial charge in [-0.25, -0.2) is 4.68 Å². The lowest BCUT2D eigenvalue weighted by molar-refractivity contribution is -0.138. The molecule has 1 atom stereocenters. The van der Waals surface area contributed by atoms with Crippen LogP contribution in [0.2, 0.25) is 0 Å². The molecule has 6 heteroatoms. The molecule has 0 aliphatic carbocycles. The number of para-hydroxylation sites is 1. The zero-order valence-corrected chi connectivity index (χ0v) is 8.32. The van der Waals surface area contributed by atoms with Gasteiger partial charge in [-0.15, -0.1) is 5.10 Å². The molecule has 2 aromatic rings. The van der Waals surface area contributed by atoms with Gasteiger partial charge in [-0.1, -0.05) is 23.4 Å². The van der Waals surface area contributed by atoms with Crippen molar-refractivity contribution >= 4 is 5.97 Å². The van der Waals surface area contributed by atoms with E-state index in [0.717, 1.165) is 0 Å². The maximum Gasteiger partial charge on any atom is 0.325 e. The largest absolute Gasteiger partial charge is 0.480 e. The van der Waals surface area contributed by atoms with Gasteiger partial charge in [0, 0.05) is 5.56 Å². The molecule has 6 nitrogen and oxygen atoms in total. The fraction of sp³-hybridized carbons (Fsp3) is 0.100. The summed E-state index contributed by atoms with van der Waals surface area (Å²) >= 11 is 0. The number of carbonyl (C=O) groups is 1. The molecule has 0 amide bonds. The first-order valence-electron chi connectivity index (χ1n) is 4.64. The van der Waals surface area contributed by atoms with Crippen LogP contribution < -0.4 is 5.73 Å². The predicted octanol–water partition coefficient (Wildman–Crippen LogP) is 0.352. The third kappa shape index (κ3) is 1.78. The molecule has 0 radical (unpaired) electrons. The second-order valence-corrected chi connectivity index (χ2v) is 3.22. The summed E-state index contributed by atoms with van der Waals surface area (Å²) in [7, 11) is 0. The lowest BCUT2D eigenvalue weighted by Crippen LogP contribution is -2.22. The van der Waals surface area contributed by atoms with Crippen LogP contribution in [0.15, 0.2) is 36.7 Å². The Morgan fingerprint density at radius 2 is 2.19 bits per heavy atom. The highest BCUT2D eigenvalue weighted by molar-refractivity contribution is 5.76. The second kappa shape index (κ2) is 4.11. The number of hydrogen-bond acceptors (Lipinski definition) is 4. The first kappa shape index (κ1) is 10.3. The minimum absolute atomic E-state index is 0.500. The fourth-order valence-corrected chi connectivity index (χ4v) is 1.43. The molecule has 0 fully saturated rings. The number of nitrogens with two attached hydrogens (primary N) is 1. The van der Waals surface area contributed by atoms with Crippen LogP contribution in [0, 0.1) is 0 Å². The first-order valence-corrected chi connectivity index (χ1v) is 4.64. The standard InChI is InChI=1S/C10H10N4O2/c11-9(10(15)16)7-3-1-2-4-8(7)14-6-5-12-13-14/h1-6,9H,11H2,(H,15,16). The van der Waals surface area contributed by atoms with Gasteiger partial charge in [0.05, 0.1) is 18.1 Å². The molecule has 0 saturated carbocycles. The van der Waals surface area contributed by atoms with Gasteiger partial charge < -0.3 is 10.8 Å². The average Bonchev–Trinajstić information content (AvgIpc) is 2.81. The van der Waals surface area contributed by atoms with Crippen molar-refractivity contribution in [2.45, 2.75) is 6.04 Å². The Kier molecular flexibility index (Phi) is 2.65. The minimum Gasteiger partial charge on any atom is -0.480 e. The van der Waals surface area contributed by atoms with E-state index in [0.29, 0.717) is 11.3 Å².